The van der Waals surface area contributed by atoms with Crippen molar-refractivity contribution in [3.8, 4) is 5.75 Å². The Kier molecular flexibility index (Phi) is 3.64. The molecule has 2 N–H and O–H groups in total. The van der Waals surface area contributed by atoms with Gasteiger partial charge in [-0.15, -0.1) is 0 Å². The average Bonchev–Trinajstić information content (AvgIpc) is 2.80. The molecule has 2 rings (SSSR count). The fourth-order valence-corrected chi connectivity index (χ4v) is 2.24. The van der Waals surface area contributed by atoms with Crippen molar-refractivity contribution in [3.63, 3.8) is 0 Å². The second-order valence-corrected chi connectivity index (χ2v) is 4.41. The topological polar surface area (TPSA) is 60.8 Å². The van der Waals surface area contributed by atoms with Crippen LogP contribution >= 0.6 is 0 Å². The van der Waals surface area contributed by atoms with Crippen LogP contribution in [0.1, 0.15) is 18.4 Å². The highest BCUT2D eigenvalue weighted by atomic mass is 16.3. The lowest BCUT2D eigenvalue weighted by atomic mass is 10.1. The highest BCUT2D eigenvalue weighted by Gasteiger charge is 2.27. The third-order valence-corrected chi connectivity index (χ3v) is 3.20. The van der Waals surface area contributed by atoms with Gasteiger partial charge in [0.1, 0.15) is 5.75 Å². The van der Waals surface area contributed by atoms with Gasteiger partial charge in [0.2, 0.25) is 5.91 Å². The van der Waals surface area contributed by atoms with E-state index in [-0.39, 0.29) is 24.3 Å². The van der Waals surface area contributed by atoms with Gasteiger partial charge in [-0.1, -0.05) is 12.1 Å². The zero-order valence-electron chi connectivity index (χ0n) is 9.67. The molecule has 4 nitrogen and oxygen atoms in total. The molecule has 0 bridgehead atoms. The first kappa shape index (κ1) is 11.9. The normalized spacial score (nSPS) is 19.6. The predicted molar refractivity (Wildman–Crippen MR) is 63.6 cm³/mol. The lowest BCUT2D eigenvalue weighted by molar-refractivity contribution is -0.131. The summed E-state index contributed by atoms with van der Waals surface area (Å²) in [7, 11) is 0. The summed E-state index contributed by atoms with van der Waals surface area (Å²) < 4.78 is 0. The number of amides is 1. The van der Waals surface area contributed by atoms with E-state index >= 15 is 0 Å². The molecule has 1 aromatic carbocycles. The number of rotatable bonds is 3. The molecule has 1 atom stereocenters. The van der Waals surface area contributed by atoms with Crippen LogP contribution in [0.5, 0.6) is 5.75 Å². The molecule has 1 heterocycles. The van der Waals surface area contributed by atoms with Crippen LogP contribution in [0.15, 0.2) is 24.3 Å². The van der Waals surface area contributed by atoms with Gasteiger partial charge < -0.3 is 15.1 Å². The monoisotopic (exact) mass is 235 g/mol. The second kappa shape index (κ2) is 5.19. The molecule has 4 heteroatoms. The third-order valence-electron chi connectivity index (χ3n) is 3.20. The van der Waals surface area contributed by atoms with Gasteiger partial charge >= 0.3 is 0 Å². The molecule has 0 saturated carbocycles. The Morgan fingerprint density at radius 3 is 2.71 bits per heavy atom. The van der Waals surface area contributed by atoms with Crippen molar-refractivity contribution in [1.82, 2.24) is 4.90 Å². The molecule has 1 aliphatic heterocycles. The first-order chi connectivity index (χ1) is 8.20. The van der Waals surface area contributed by atoms with Crippen LogP contribution in [0.2, 0.25) is 0 Å². The largest absolute Gasteiger partial charge is 0.508 e. The van der Waals surface area contributed by atoms with Crippen LogP contribution < -0.4 is 0 Å². The van der Waals surface area contributed by atoms with Crippen LogP contribution in [-0.4, -0.2) is 40.2 Å². The van der Waals surface area contributed by atoms with E-state index in [9.17, 15) is 4.79 Å². The van der Waals surface area contributed by atoms with Crippen LogP contribution in [0, 0.1) is 0 Å². The first-order valence-corrected chi connectivity index (χ1v) is 5.89. The SMILES string of the molecule is O=C(Cc1ccc(O)cc1)N1CCCC1CO. The van der Waals surface area contributed by atoms with E-state index in [1.807, 2.05) is 0 Å². The number of aliphatic hydroxyl groups excluding tert-OH is 1. The molecular formula is C13H17NO3. The minimum Gasteiger partial charge on any atom is -0.508 e. The number of likely N-dealkylation sites (tertiary alicyclic amines) is 1. The van der Waals surface area contributed by atoms with Gasteiger partial charge in [-0.3, -0.25) is 4.79 Å². The van der Waals surface area contributed by atoms with E-state index in [4.69, 9.17) is 10.2 Å². The highest BCUT2D eigenvalue weighted by Crippen LogP contribution is 2.18. The van der Waals surface area contributed by atoms with Gasteiger partial charge in [-0.25, -0.2) is 0 Å². The number of hydrogen-bond donors (Lipinski definition) is 2. The number of hydrogen-bond acceptors (Lipinski definition) is 3. The van der Waals surface area contributed by atoms with Crippen LogP contribution in [0.25, 0.3) is 0 Å². The lowest BCUT2D eigenvalue weighted by Gasteiger charge is -2.23. The maximum Gasteiger partial charge on any atom is 0.227 e. The summed E-state index contributed by atoms with van der Waals surface area (Å²) >= 11 is 0. The average molecular weight is 235 g/mol. The highest BCUT2D eigenvalue weighted by molar-refractivity contribution is 5.79. The zero-order chi connectivity index (χ0) is 12.3. The fourth-order valence-electron chi connectivity index (χ4n) is 2.24. The lowest BCUT2D eigenvalue weighted by Crippen LogP contribution is -2.38. The number of nitrogens with zero attached hydrogens (tertiary/aromatic N) is 1. The fraction of sp³-hybridized carbons (Fsp3) is 0.462. The smallest absolute Gasteiger partial charge is 0.227 e. The Morgan fingerprint density at radius 2 is 2.06 bits per heavy atom. The molecule has 92 valence electrons. The van der Waals surface area contributed by atoms with E-state index in [1.165, 1.54) is 0 Å². The molecule has 0 radical (unpaired) electrons. The summed E-state index contributed by atoms with van der Waals surface area (Å²) in [6, 6.07) is 6.64. The van der Waals surface area contributed by atoms with E-state index < -0.39 is 0 Å². The summed E-state index contributed by atoms with van der Waals surface area (Å²) in [5, 5.41) is 18.3. The molecule has 17 heavy (non-hydrogen) atoms. The van der Waals surface area contributed by atoms with E-state index in [0.717, 1.165) is 24.9 Å². The Balaban J connectivity index is 1.99. The number of carbonyl (C=O) groups is 1. The Labute approximate surface area is 100 Å². The van der Waals surface area contributed by atoms with Gasteiger partial charge in [0.05, 0.1) is 19.1 Å². The number of aliphatic hydroxyl groups is 1. The molecular weight excluding hydrogens is 218 g/mol. The standard InChI is InChI=1S/C13H17NO3/c15-9-11-2-1-7-14(11)13(17)8-10-3-5-12(16)6-4-10/h3-6,11,15-16H,1-2,7-9H2. The van der Waals surface area contributed by atoms with Crippen molar-refractivity contribution >= 4 is 5.91 Å². The number of aromatic hydroxyl groups is 1. The number of phenols is 1. The summed E-state index contributed by atoms with van der Waals surface area (Å²) in [6.45, 7) is 0.781. The molecule has 0 aromatic heterocycles. The summed E-state index contributed by atoms with van der Waals surface area (Å²) in [6.07, 6.45) is 2.18. The van der Waals surface area contributed by atoms with E-state index in [2.05, 4.69) is 0 Å². The van der Waals surface area contributed by atoms with Gasteiger partial charge in [-0.2, -0.15) is 0 Å². The quantitative estimate of drug-likeness (QED) is 0.819. The maximum atomic E-state index is 12.0. The molecule has 1 fully saturated rings. The van der Waals surface area contributed by atoms with Crippen molar-refractivity contribution in [1.29, 1.82) is 0 Å². The Bertz CT molecular complexity index is 388. The minimum absolute atomic E-state index is 0.0142. The third kappa shape index (κ3) is 2.77. The Morgan fingerprint density at radius 1 is 1.35 bits per heavy atom. The number of benzene rings is 1. The predicted octanol–water partition coefficient (Wildman–Crippen LogP) is 0.918. The maximum absolute atomic E-state index is 12.0. The van der Waals surface area contributed by atoms with Crippen molar-refractivity contribution in [2.45, 2.75) is 25.3 Å². The molecule has 1 amide bonds. The summed E-state index contributed by atoms with van der Waals surface area (Å²) in [5.41, 5.74) is 0.886. The van der Waals surface area contributed by atoms with Gasteiger partial charge in [0.15, 0.2) is 0 Å². The second-order valence-electron chi connectivity index (χ2n) is 4.41. The van der Waals surface area contributed by atoms with Crippen molar-refractivity contribution < 1.29 is 15.0 Å². The molecule has 1 aliphatic rings. The van der Waals surface area contributed by atoms with E-state index in [1.54, 1.807) is 29.2 Å². The van der Waals surface area contributed by atoms with Crippen LogP contribution in [-0.2, 0) is 11.2 Å². The van der Waals surface area contributed by atoms with E-state index in [0.29, 0.717) is 6.42 Å². The Hall–Kier alpha value is -1.55. The van der Waals surface area contributed by atoms with Crippen LogP contribution in [0.4, 0.5) is 0 Å². The molecule has 0 aliphatic carbocycles. The summed E-state index contributed by atoms with van der Waals surface area (Å²) in [4.78, 5) is 13.8. The van der Waals surface area contributed by atoms with Gasteiger partial charge in [0.25, 0.3) is 0 Å². The van der Waals surface area contributed by atoms with Crippen molar-refractivity contribution in [2.24, 2.45) is 0 Å². The van der Waals surface area contributed by atoms with Crippen LogP contribution in [0.3, 0.4) is 0 Å². The first-order valence-electron chi connectivity index (χ1n) is 5.89. The van der Waals surface area contributed by atoms with Crippen molar-refractivity contribution in [3.05, 3.63) is 29.8 Å². The van der Waals surface area contributed by atoms with Gasteiger partial charge in [-0.05, 0) is 30.5 Å². The zero-order valence-corrected chi connectivity index (χ0v) is 9.67. The molecule has 1 aromatic rings. The molecule has 1 unspecified atom stereocenters. The minimum atomic E-state index is -0.0142. The number of phenolic OH excluding ortho intramolecular Hbond substituents is 1. The molecule has 1 saturated heterocycles. The summed E-state index contributed by atoms with van der Waals surface area (Å²) in [5.74, 6) is 0.253. The molecule has 0 spiro atoms. The van der Waals surface area contributed by atoms with Gasteiger partial charge in [0, 0.05) is 6.54 Å². The number of carbonyl (C=O) groups excluding carboxylic acids is 1. The van der Waals surface area contributed by atoms with Crippen molar-refractivity contribution in [2.75, 3.05) is 13.2 Å².